The highest BCUT2D eigenvalue weighted by Crippen LogP contribution is 2.43. The summed E-state index contributed by atoms with van der Waals surface area (Å²) in [5, 5.41) is 6.16. The van der Waals surface area contributed by atoms with Gasteiger partial charge in [-0.1, -0.05) is 116 Å². The minimum atomic E-state index is 1.14. The van der Waals surface area contributed by atoms with Gasteiger partial charge < -0.3 is 9.13 Å². The van der Waals surface area contributed by atoms with Crippen LogP contribution in [0.25, 0.3) is 78.1 Å². The van der Waals surface area contributed by atoms with Gasteiger partial charge in [0.1, 0.15) is 0 Å². The van der Waals surface area contributed by atoms with Crippen LogP contribution in [0, 0.1) is 0 Å². The van der Waals surface area contributed by atoms with Gasteiger partial charge in [-0.25, -0.2) is 0 Å². The van der Waals surface area contributed by atoms with E-state index in [4.69, 9.17) is 0 Å². The predicted octanol–water partition coefficient (Wildman–Crippen LogP) is 11.2. The van der Waals surface area contributed by atoms with Crippen molar-refractivity contribution in [1.82, 2.24) is 9.13 Å². The first kappa shape index (κ1) is 25.1. The fourth-order valence-electron chi connectivity index (χ4n) is 6.81. The number of para-hydroxylation sites is 1. The molecule has 43 heavy (non-hydrogen) atoms. The lowest BCUT2D eigenvalue weighted by Gasteiger charge is -2.13. The molecule has 6 aromatic carbocycles. The molecule has 0 aliphatic rings. The zero-order valence-electron chi connectivity index (χ0n) is 24.0. The number of benzene rings is 6. The molecule has 2 heterocycles. The van der Waals surface area contributed by atoms with Gasteiger partial charge in [-0.15, -0.1) is 0 Å². The van der Waals surface area contributed by atoms with Crippen LogP contribution in [0.4, 0.5) is 0 Å². The van der Waals surface area contributed by atoms with Crippen LogP contribution in [0.3, 0.4) is 0 Å². The van der Waals surface area contributed by atoms with Crippen molar-refractivity contribution < 1.29 is 0 Å². The van der Waals surface area contributed by atoms with Crippen molar-refractivity contribution in [3.8, 4) is 22.5 Å². The van der Waals surface area contributed by atoms with Crippen LogP contribution in [0.5, 0.6) is 0 Å². The molecule has 0 unspecified atom stereocenters. The van der Waals surface area contributed by atoms with Crippen molar-refractivity contribution in [3.63, 3.8) is 0 Å². The smallest absolute Gasteiger partial charge is 0.0549 e. The SMILES string of the molecule is C=Cc1c(/C=C\C)n(-c2cccc3ccccc23)c2ccc3c(c4ccccc4n3-c3cccc(-c4ccccc4)c3)c12. The van der Waals surface area contributed by atoms with Gasteiger partial charge in [-0.2, -0.15) is 0 Å². The molecule has 204 valence electrons. The van der Waals surface area contributed by atoms with Gasteiger partial charge in [0.2, 0.25) is 0 Å². The van der Waals surface area contributed by atoms with E-state index in [1.165, 1.54) is 60.3 Å². The molecule has 0 fully saturated rings. The first-order valence-corrected chi connectivity index (χ1v) is 14.8. The Hall–Kier alpha value is -5.60. The second kappa shape index (κ2) is 10.0. The zero-order chi connectivity index (χ0) is 28.9. The first-order valence-electron chi connectivity index (χ1n) is 14.8. The second-order valence-corrected chi connectivity index (χ2v) is 11.0. The van der Waals surface area contributed by atoms with Crippen LogP contribution >= 0.6 is 0 Å². The maximum Gasteiger partial charge on any atom is 0.0549 e. The summed E-state index contributed by atoms with van der Waals surface area (Å²) in [5.41, 5.74) is 10.6. The molecule has 0 N–H and O–H groups in total. The van der Waals surface area contributed by atoms with Gasteiger partial charge in [-0.05, 0) is 65.9 Å². The van der Waals surface area contributed by atoms with Gasteiger partial charge in [-0.3, -0.25) is 0 Å². The summed E-state index contributed by atoms with van der Waals surface area (Å²) in [5.74, 6) is 0. The van der Waals surface area contributed by atoms with Crippen molar-refractivity contribution in [2.24, 2.45) is 0 Å². The summed E-state index contributed by atoms with van der Waals surface area (Å²) < 4.78 is 4.82. The topological polar surface area (TPSA) is 9.86 Å². The highest BCUT2D eigenvalue weighted by molar-refractivity contribution is 6.24. The quantitative estimate of drug-likeness (QED) is 0.202. The molecule has 0 radical (unpaired) electrons. The van der Waals surface area contributed by atoms with Crippen LogP contribution < -0.4 is 0 Å². The number of hydrogen-bond donors (Lipinski definition) is 0. The summed E-state index contributed by atoms with van der Waals surface area (Å²) in [6.45, 7) is 6.42. The first-order chi connectivity index (χ1) is 21.3. The fourth-order valence-corrected chi connectivity index (χ4v) is 6.81. The van der Waals surface area contributed by atoms with Crippen molar-refractivity contribution >= 4 is 55.6 Å². The maximum absolute atomic E-state index is 4.34. The summed E-state index contributed by atoms with van der Waals surface area (Å²) in [7, 11) is 0. The molecule has 8 aromatic rings. The molecule has 0 amide bonds. The Morgan fingerprint density at radius 3 is 2.05 bits per heavy atom. The monoisotopic (exact) mass is 550 g/mol. The van der Waals surface area contributed by atoms with E-state index >= 15 is 0 Å². The van der Waals surface area contributed by atoms with E-state index in [9.17, 15) is 0 Å². The Labute approximate surface area is 251 Å². The van der Waals surface area contributed by atoms with Crippen molar-refractivity contribution in [2.75, 3.05) is 0 Å². The van der Waals surface area contributed by atoms with Gasteiger partial charge >= 0.3 is 0 Å². The average Bonchev–Trinajstić information content (AvgIpc) is 3.57. The van der Waals surface area contributed by atoms with E-state index in [1.807, 2.05) is 6.08 Å². The van der Waals surface area contributed by atoms with Crippen LogP contribution in [0.2, 0.25) is 0 Å². The third kappa shape index (κ3) is 3.80. The standard InChI is InChI=1S/C41H30N2/c1-3-14-35-32(4-2)40-39(43(35)36-24-13-18-29-17-8-9-21-33(29)36)26-25-38-41(40)34-22-10-11-23-37(34)42(38)31-20-12-19-30(27-31)28-15-6-5-7-16-28/h3-27H,2H2,1H3/b14-3-. The predicted molar refractivity (Wildman–Crippen MR) is 185 cm³/mol. The molecule has 0 saturated heterocycles. The Kier molecular flexibility index (Phi) is 5.87. The summed E-state index contributed by atoms with van der Waals surface area (Å²) in [4.78, 5) is 0. The number of rotatable bonds is 5. The van der Waals surface area contributed by atoms with Crippen LogP contribution in [-0.2, 0) is 0 Å². The molecule has 2 heteroatoms. The third-order valence-electron chi connectivity index (χ3n) is 8.59. The maximum atomic E-state index is 4.34. The molecule has 8 rings (SSSR count). The fraction of sp³-hybridized carbons (Fsp3) is 0.0244. The molecule has 2 aromatic heterocycles. The van der Waals surface area contributed by atoms with E-state index in [0.717, 1.165) is 16.9 Å². The Morgan fingerprint density at radius 1 is 0.558 bits per heavy atom. The highest BCUT2D eigenvalue weighted by atomic mass is 15.0. The highest BCUT2D eigenvalue weighted by Gasteiger charge is 2.22. The molecule has 0 spiro atoms. The number of hydrogen-bond acceptors (Lipinski definition) is 0. The number of fused-ring (bicyclic) bond motifs is 6. The van der Waals surface area contributed by atoms with Gasteiger partial charge in [0.25, 0.3) is 0 Å². The number of aromatic nitrogens is 2. The van der Waals surface area contributed by atoms with Crippen molar-refractivity contribution in [2.45, 2.75) is 6.92 Å². The van der Waals surface area contributed by atoms with Crippen molar-refractivity contribution in [1.29, 1.82) is 0 Å². The van der Waals surface area contributed by atoms with E-state index in [2.05, 4.69) is 168 Å². The Balaban J connectivity index is 1.51. The normalized spacial score (nSPS) is 11.8. The van der Waals surface area contributed by atoms with E-state index in [-0.39, 0.29) is 0 Å². The van der Waals surface area contributed by atoms with E-state index in [1.54, 1.807) is 0 Å². The molecule has 0 aliphatic heterocycles. The van der Waals surface area contributed by atoms with E-state index in [0.29, 0.717) is 0 Å². The summed E-state index contributed by atoms with van der Waals surface area (Å²) in [6.07, 6.45) is 6.37. The lowest BCUT2D eigenvalue weighted by atomic mass is 10.0. The molecular weight excluding hydrogens is 520 g/mol. The van der Waals surface area contributed by atoms with Gasteiger partial charge in [0.05, 0.1) is 27.9 Å². The number of allylic oxidation sites excluding steroid dienone is 1. The molecule has 0 saturated carbocycles. The molecular formula is C41H30N2. The lowest BCUT2D eigenvalue weighted by Crippen LogP contribution is -1.98. The summed E-state index contributed by atoms with van der Waals surface area (Å²) in [6, 6.07) is 48.0. The number of nitrogens with zero attached hydrogens (tertiary/aromatic N) is 2. The van der Waals surface area contributed by atoms with Crippen LogP contribution in [0.15, 0.2) is 146 Å². The summed E-state index contributed by atoms with van der Waals surface area (Å²) >= 11 is 0. The molecule has 0 bridgehead atoms. The Bertz CT molecular complexity index is 2360. The van der Waals surface area contributed by atoms with Crippen molar-refractivity contribution in [3.05, 3.63) is 157 Å². The molecule has 2 nitrogen and oxygen atoms in total. The minimum absolute atomic E-state index is 1.14. The lowest BCUT2D eigenvalue weighted by molar-refractivity contribution is 1.12. The largest absolute Gasteiger partial charge is 0.309 e. The Morgan fingerprint density at radius 2 is 1.23 bits per heavy atom. The van der Waals surface area contributed by atoms with Crippen LogP contribution in [-0.4, -0.2) is 9.13 Å². The second-order valence-electron chi connectivity index (χ2n) is 11.0. The molecule has 0 aliphatic carbocycles. The van der Waals surface area contributed by atoms with E-state index < -0.39 is 0 Å². The third-order valence-corrected chi connectivity index (χ3v) is 8.59. The van der Waals surface area contributed by atoms with Gasteiger partial charge in [0.15, 0.2) is 0 Å². The zero-order valence-corrected chi connectivity index (χ0v) is 24.0. The van der Waals surface area contributed by atoms with Crippen LogP contribution in [0.1, 0.15) is 18.2 Å². The molecule has 0 atom stereocenters. The van der Waals surface area contributed by atoms with Gasteiger partial charge in [0, 0.05) is 32.8 Å². The average molecular weight is 551 g/mol. The minimum Gasteiger partial charge on any atom is -0.309 e.